The normalized spacial score (nSPS) is 9.82. The Morgan fingerprint density at radius 1 is 1.45 bits per heavy atom. The summed E-state index contributed by atoms with van der Waals surface area (Å²) in [7, 11) is 1.67. The standard InChI is InChI=1S/C8H10INO/c1-5-4-7(9)8(11-3)6(2)10-5/h4H,1-3H3. The quantitative estimate of drug-likeness (QED) is 0.725. The van der Waals surface area contributed by atoms with Crippen LogP contribution in [0, 0.1) is 17.4 Å². The van der Waals surface area contributed by atoms with Crippen molar-refractivity contribution in [3.8, 4) is 5.75 Å². The van der Waals surface area contributed by atoms with Gasteiger partial charge in [0.05, 0.1) is 16.4 Å². The third-order valence-corrected chi connectivity index (χ3v) is 2.23. The average molecular weight is 263 g/mol. The summed E-state index contributed by atoms with van der Waals surface area (Å²) in [6.45, 7) is 3.93. The lowest BCUT2D eigenvalue weighted by molar-refractivity contribution is 0.406. The zero-order valence-corrected chi connectivity index (χ0v) is 8.97. The van der Waals surface area contributed by atoms with Gasteiger partial charge < -0.3 is 4.74 Å². The summed E-state index contributed by atoms with van der Waals surface area (Å²) in [6, 6.07) is 2.01. The van der Waals surface area contributed by atoms with E-state index in [1.165, 1.54) is 0 Å². The molecule has 60 valence electrons. The molecule has 11 heavy (non-hydrogen) atoms. The van der Waals surface area contributed by atoms with E-state index in [1.807, 2.05) is 19.9 Å². The molecule has 0 atom stereocenters. The molecule has 0 aliphatic rings. The van der Waals surface area contributed by atoms with Gasteiger partial charge in [0.25, 0.3) is 0 Å². The highest BCUT2D eigenvalue weighted by Gasteiger charge is 2.04. The fourth-order valence-electron chi connectivity index (χ4n) is 1.01. The zero-order valence-electron chi connectivity index (χ0n) is 6.81. The maximum Gasteiger partial charge on any atom is 0.153 e. The molecule has 1 rings (SSSR count). The van der Waals surface area contributed by atoms with Crippen molar-refractivity contribution in [1.82, 2.24) is 4.98 Å². The summed E-state index contributed by atoms with van der Waals surface area (Å²) < 4.78 is 6.28. The lowest BCUT2D eigenvalue weighted by Crippen LogP contribution is -1.95. The molecular formula is C8H10INO. The number of aromatic nitrogens is 1. The van der Waals surface area contributed by atoms with E-state index in [-0.39, 0.29) is 0 Å². The van der Waals surface area contributed by atoms with Crippen LogP contribution in [0.2, 0.25) is 0 Å². The van der Waals surface area contributed by atoms with Gasteiger partial charge in [-0.15, -0.1) is 0 Å². The second-order valence-corrected chi connectivity index (χ2v) is 3.53. The van der Waals surface area contributed by atoms with Crippen LogP contribution in [0.25, 0.3) is 0 Å². The first-order valence-electron chi connectivity index (χ1n) is 3.33. The Kier molecular flexibility index (Phi) is 2.70. The molecule has 0 unspecified atom stereocenters. The summed E-state index contributed by atoms with van der Waals surface area (Å²) in [4.78, 5) is 4.28. The van der Waals surface area contributed by atoms with Crippen LogP contribution in [0.3, 0.4) is 0 Å². The minimum Gasteiger partial charge on any atom is -0.494 e. The molecule has 0 amide bonds. The molecular weight excluding hydrogens is 253 g/mol. The van der Waals surface area contributed by atoms with Crippen LogP contribution in [-0.2, 0) is 0 Å². The van der Waals surface area contributed by atoms with Crippen molar-refractivity contribution in [2.45, 2.75) is 13.8 Å². The lowest BCUT2D eigenvalue weighted by atomic mass is 10.3. The van der Waals surface area contributed by atoms with E-state index < -0.39 is 0 Å². The Labute approximate surface area is 80.1 Å². The fourth-order valence-corrected chi connectivity index (χ4v) is 2.08. The Morgan fingerprint density at radius 2 is 2.09 bits per heavy atom. The first-order chi connectivity index (χ1) is 5.15. The van der Waals surface area contributed by atoms with Crippen molar-refractivity contribution < 1.29 is 4.74 Å². The summed E-state index contributed by atoms with van der Waals surface area (Å²) in [5.41, 5.74) is 1.99. The maximum atomic E-state index is 5.16. The van der Waals surface area contributed by atoms with Gasteiger partial charge in [0.2, 0.25) is 0 Å². The molecule has 0 N–H and O–H groups in total. The minimum absolute atomic E-state index is 0.885. The summed E-state index contributed by atoms with van der Waals surface area (Å²) in [5.74, 6) is 0.885. The van der Waals surface area contributed by atoms with Crippen LogP contribution in [0.15, 0.2) is 6.07 Å². The van der Waals surface area contributed by atoms with Gasteiger partial charge >= 0.3 is 0 Å². The van der Waals surface area contributed by atoms with Gasteiger partial charge in [-0.05, 0) is 42.5 Å². The number of methoxy groups -OCH3 is 1. The van der Waals surface area contributed by atoms with Crippen molar-refractivity contribution >= 4 is 22.6 Å². The van der Waals surface area contributed by atoms with Crippen LogP contribution in [0.4, 0.5) is 0 Å². The van der Waals surface area contributed by atoms with Crippen molar-refractivity contribution in [3.05, 3.63) is 21.0 Å². The fraction of sp³-hybridized carbons (Fsp3) is 0.375. The van der Waals surface area contributed by atoms with E-state index in [1.54, 1.807) is 7.11 Å². The smallest absolute Gasteiger partial charge is 0.153 e. The molecule has 0 aromatic carbocycles. The molecule has 0 spiro atoms. The third kappa shape index (κ3) is 1.83. The number of hydrogen-bond donors (Lipinski definition) is 0. The minimum atomic E-state index is 0.885. The highest BCUT2D eigenvalue weighted by molar-refractivity contribution is 14.1. The molecule has 1 aromatic heterocycles. The molecule has 1 aromatic rings. The number of halogens is 1. The van der Waals surface area contributed by atoms with E-state index in [9.17, 15) is 0 Å². The maximum absolute atomic E-state index is 5.16. The topological polar surface area (TPSA) is 22.1 Å². The Hall–Kier alpha value is -0.320. The first kappa shape index (κ1) is 8.77. The van der Waals surface area contributed by atoms with Crippen LogP contribution in [0.5, 0.6) is 5.75 Å². The number of aryl methyl sites for hydroxylation is 2. The van der Waals surface area contributed by atoms with Gasteiger partial charge in [0.1, 0.15) is 0 Å². The number of pyridine rings is 1. The van der Waals surface area contributed by atoms with Crippen molar-refractivity contribution in [3.63, 3.8) is 0 Å². The average Bonchev–Trinajstić information content (AvgIpc) is 1.85. The largest absolute Gasteiger partial charge is 0.494 e. The summed E-state index contributed by atoms with van der Waals surface area (Å²) >= 11 is 2.25. The van der Waals surface area contributed by atoms with E-state index in [0.717, 1.165) is 20.7 Å². The molecule has 0 radical (unpaired) electrons. The zero-order chi connectivity index (χ0) is 8.43. The van der Waals surface area contributed by atoms with Gasteiger partial charge in [-0.1, -0.05) is 0 Å². The lowest BCUT2D eigenvalue weighted by Gasteiger charge is -2.06. The van der Waals surface area contributed by atoms with Crippen LogP contribution in [0.1, 0.15) is 11.4 Å². The van der Waals surface area contributed by atoms with Gasteiger partial charge in [-0.2, -0.15) is 0 Å². The van der Waals surface area contributed by atoms with Gasteiger partial charge in [-0.3, -0.25) is 4.98 Å². The van der Waals surface area contributed by atoms with Crippen molar-refractivity contribution in [2.75, 3.05) is 7.11 Å². The molecule has 2 nitrogen and oxygen atoms in total. The highest BCUT2D eigenvalue weighted by Crippen LogP contribution is 2.23. The third-order valence-electron chi connectivity index (χ3n) is 1.43. The predicted molar refractivity (Wildman–Crippen MR) is 53.0 cm³/mol. The number of nitrogens with zero attached hydrogens (tertiary/aromatic N) is 1. The highest BCUT2D eigenvalue weighted by atomic mass is 127. The molecule has 0 bridgehead atoms. The Bertz CT molecular complexity index is 250. The second kappa shape index (κ2) is 3.38. The Morgan fingerprint density at radius 3 is 2.55 bits per heavy atom. The molecule has 0 aliphatic carbocycles. The molecule has 0 aliphatic heterocycles. The Balaban J connectivity index is 3.25. The van der Waals surface area contributed by atoms with Gasteiger partial charge in [-0.25, -0.2) is 0 Å². The van der Waals surface area contributed by atoms with Crippen molar-refractivity contribution in [1.29, 1.82) is 0 Å². The van der Waals surface area contributed by atoms with E-state index in [4.69, 9.17) is 4.74 Å². The number of ether oxygens (including phenoxy) is 1. The monoisotopic (exact) mass is 263 g/mol. The molecule has 0 saturated carbocycles. The van der Waals surface area contributed by atoms with Gasteiger partial charge in [0, 0.05) is 5.69 Å². The summed E-state index contributed by atoms with van der Waals surface area (Å²) in [6.07, 6.45) is 0. The molecule has 3 heteroatoms. The number of hydrogen-bond acceptors (Lipinski definition) is 2. The predicted octanol–water partition coefficient (Wildman–Crippen LogP) is 2.31. The number of rotatable bonds is 1. The van der Waals surface area contributed by atoms with E-state index >= 15 is 0 Å². The van der Waals surface area contributed by atoms with E-state index in [0.29, 0.717) is 0 Å². The molecule has 0 fully saturated rings. The first-order valence-corrected chi connectivity index (χ1v) is 4.40. The second-order valence-electron chi connectivity index (χ2n) is 2.36. The van der Waals surface area contributed by atoms with Crippen LogP contribution in [-0.4, -0.2) is 12.1 Å². The van der Waals surface area contributed by atoms with Crippen molar-refractivity contribution in [2.24, 2.45) is 0 Å². The van der Waals surface area contributed by atoms with E-state index in [2.05, 4.69) is 27.6 Å². The van der Waals surface area contributed by atoms with Gasteiger partial charge in [0.15, 0.2) is 5.75 Å². The SMILES string of the molecule is COc1c(I)cc(C)nc1C. The molecule has 0 saturated heterocycles. The summed E-state index contributed by atoms with van der Waals surface area (Å²) in [5, 5.41) is 0. The van der Waals surface area contributed by atoms with Crippen LogP contribution >= 0.6 is 22.6 Å². The molecule has 1 heterocycles. The van der Waals surface area contributed by atoms with Crippen LogP contribution < -0.4 is 4.74 Å².